The smallest absolute Gasteiger partial charge is 0.227 e. The number of carbonyl (C=O) groups excluding carboxylic acids is 1. The SMILES string of the molecule is COCC(C)C(=O)N(C)CCC(N)C(C)C.Cl. The molecular weight excluding hydrogens is 240 g/mol. The van der Waals surface area contributed by atoms with Crippen LogP contribution in [0.1, 0.15) is 27.2 Å². The first kappa shape index (κ1) is 19.0. The van der Waals surface area contributed by atoms with E-state index in [4.69, 9.17) is 10.5 Å². The summed E-state index contributed by atoms with van der Waals surface area (Å²) in [6.45, 7) is 7.26. The van der Waals surface area contributed by atoms with Crippen molar-refractivity contribution in [1.82, 2.24) is 4.90 Å². The molecule has 17 heavy (non-hydrogen) atoms. The Hall–Kier alpha value is -0.320. The second kappa shape index (κ2) is 9.68. The topological polar surface area (TPSA) is 55.6 Å². The number of ether oxygens (including phenoxy) is 1. The summed E-state index contributed by atoms with van der Waals surface area (Å²) >= 11 is 0. The van der Waals surface area contributed by atoms with Crippen LogP contribution in [0.3, 0.4) is 0 Å². The van der Waals surface area contributed by atoms with E-state index in [2.05, 4.69) is 13.8 Å². The maximum absolute atomic E-state index is 11.8. The van der Waals surface area contributed by atoms with E-state index in [1.165, 1.54) is 0 Å². The van der Waals surface area contributed by atoms with E-state index < -0.39 is 0 Å². The summed E-state index contributed by atoms with van der Waals surface area (Å²) in [5.41, 5.74) is 5.94. The Morgan fingerprint density at radius 2 is 1.88 bits per heavy atom. The average Bonchev–Trinajstić information content (AvgIpc) is 2.24. The molecule has 0 aliphatic carbocycles. The molecule has 104 valence electrons. The number of amides is 1. The third-order valence-electron chi connectivity index (χ3n) is 2.87. The van der Waals surface area contributed by atoms with E-state index in [1.54, 1.807) is 12.0 Å². The second-order valence-electron chi connectivity index (χ2n) is 4.81. The molecule has 2 atom stereocenters. The maximum Gasteiger partial charge on any atom is 0.227 e. The van der Waals surface area contributed by atoms with E-state index in [0.29, 0.717) is 19.1 Å². The van der Waals surface area contributed by atoms with Gasteiger partial charge < -0.3 is 15.4 Å². The Balaban J connectivity index is 0. The number of halogens is 1. The highest BCUT2D eigenvalue weighted by Crippen LogP contribution is 2.06. The summed E-state index contributed by atoms with van der Waals surface area (Å²) < 4.78 is 4.97. The van der Waals surface area contributed by atoms with Crippen LogP contribution in [0.4, 0.5) is 0 Å². The van der Waals surface area contributed by atoms with Crippen LogP contribution in [0.15, 0.2) is 0 Å². The first-order valence-electron chi connectivity index (χ1n) is 5.89. The Morgan fingerprint density at radius 1 is 1.35 bits per heavy atom. The fourth-order valence-corrected chi connectivity index (χ4v) is 1.48. The molecule has 2 N–H and O–H groups in total. The normalized spacial score (nSPS) is 14.1. The van der Waals surface area contributed by atoms with Crippen LogP contribution in [-0.2, 0) is 9.53 Å². The zero-order chi connectivity index (χ0) is 12.7. The summed E-state index contributed by atoms with van der Waals surface area (Å²) in [7, 11) is 3.43. The number of methoxy groups -OCH3 is 1. The number of hydrogen-bond donors (Lipinski definition) is 1. The van der Waals surface area contributed by atoms with Crippen LogP contribution in [0.5, 0.6) is 0 Å². The lowest BCUT2D eigenvalue weighted by atomic mass is 10.0. The second-order valence-corrected chi connectivity index (χ2v) is 4.81. The van der Waals surface area contributed by atoms with Crippen molar-refractivity contribution in [3.05, 3.63) is 0 Å². The van der Waals surface area contributed by atoms with E-state index in [-0.39, 0.29) is 30.3 Å². The van der Waals surface area contributed by atoms with Gasteiger partial charge in [0.25, 0.3) is 0 Å². The number of carbonyl (C=O) groups is 1. The van der Waals surface area contributed by atoms with Gasteiger partial charge >= 0.3 is 0 Å². The number of hydrogen-bond acceptors (Lipinski definition) is 3. The van der Waals surface area contributed by atoms with Gasteiger partial charge in [-0.3, -0.25) is 4.79 Å². The fourth-order valence-electron chi connectivity index (χ4n) is 1.48. The van der Waals surface area contributed by atoms with Crippen molar-refractivity contribution in [1.29, 1.82) is 0 Å². The summed E-state index contributed by atoms with van der Waals surface area (Å²) in [5.74, 6) is 0.503. The maximum atomic E-state index is 11.8. The molecule has 0 bridgehead atoms. The molecule has 0 aromatic heterocycles. The molecule has 5 heteroatoms. The van der Waals surface area contributed by atoms with Crippen molar-refractivity contribution in [2.24, 2.45) is 17.6 Å². The fraction of sp³-hybridized carbons (Fsp3) is 0.917. The van der Waals surface area contributed by atoms with Crippen molar-refractivity contribution in [2.75, 3.05) is 27.3 Å². The molecule has 0 aliphatic rings. The lowest BCUT2D eigenvalue weighted by Gasteiger charge is -2.23. The molecule has 0 saturated carbocycles. The molecule has 0 heterocycles. The van der Waals surface area contributed by atoms with Gasteiger partial charge in [-0.15, -0.1) is 12.4 Å². The summed E-state index contributed by atoms with van der Waals surface area (Å²) in [5, 5.41) is 0. The lowest BCUT2D eigenvalue weighted by Crippen LogP contribution is -2.37. The molecule has 0 saturated heterocycles. The van der Waals surface area contributed by atoms with Crippen LogP contribution in [0.2, 0.25) is 0 Å². The standard InChI is InChI=1S/C12H26N2O2.ClH/c1-9(2)11(13)6-7-14(4)12(15)10(3)8-16-5;/h9-11H,6-8,13H2,1-5H3;1H. The van der Waals surface area contributed by atoms with Crippen molar-refractivity contribution in [3.63, 3.8) is 0 Å². The minimum atomic E-state index is -0.0784. The lowest BCUT2D eigenvalue weighted by molar-refractivity contribution is -0.135. The van der Waals surface area contributed by atoms with E-state index in [9.17, 15) is 4.79 Å². The number of nitrogens with zero attached hydrogens (tertiary/aromatic N) is 1. The summed E-state index contributed by atoms with van der Waals surface area (Å²) in [6, 6.07) is 0.160. The molecule has 2 unspecified atom stereocenters. The Morgan fingerprint density at radius 3 is 2.29 bits per heavy atom. The molecule has 0 spiro atoms. The van der Waals surface area contributed by atoms with Crippen LogP contribution in [-0.4, -0.2) is 44.2 Å². The van der Waals surface area contributed by atoms with E-state index >= 15 is 0 Å². The number of rotatable bonds is 7. The Bertz CT molecular complexity index is 213. The van der Waals surface area contributed by atoms with Crippen molar-refractivity contribution >= 4 is 18.3 Å². The van der Waals surface area contributed by atoms with Gasteiger partial charge in [0.1, 0.15) is 0 Å². The van der Waals surface area contributed by atoms with Gasteiger partial charge in [0.15, 0.2) is 0 Å². The molecule has 0 aromatic rings. The Kier molecular flexibility index (Phi) is 10.8. The predicted molar refractivity (Wildman–Crippen MR) is 73.4 cm³/mol. The third-order valence-corrected chi connectivity index (χ3v) is 2.87. The molecule has 0 fully saturated rings. The van der Waals surface area contributed by atoms with Crippen molar-refractivity contribution in [2.45, 2.75) is 33.2 Å². The number of nitrogens with two attached hydrogens (primary N) is 1. The quantitative estimate of drug-likeness (QED) is 0.760. The minimum Gasteiger partial charge on any atom is -0.384 e. The van der Waals surface area contributed by atoms with Gasteiger partial charge in [0, 0.05) is 26.7 Å². The highest BCUT2D eigenvalue weighted by molar-refractivity contribution is 5.85. The van der Waals surface area contributed by atoms with Gasteiger partial charge in [0.05, 0.1) is 12.5 Å². The first-order chi connectivity index (χ1) is 7.40. The molecule has 0 aliphatic heterocycles. The zero-order valence-electron chi connectivity index (χ0n) is 11.6. The van der Waals surface area contributed by atoms with Crippen LogP contribution >= 0.6 is 12.4 Å². The van der Waals surface area contributed by atoms with Crippen molar-refractivity contribution < 1.29 is 9.53 Å². The largest absolute Gasteiger partial charge is 0.384 e. The highest BCUT2D eigenvalue weighted by atomic mass is 35.5. The molecular formula is C12H27ClN2O2. The summed E-state index contributed by atoms with van der Waals surface area (Å²) in [6.07, 6.45) is 0.847. The average molecular weight is 267 g/mol. The molecule has 0 radical (unpaired) electrons. The first-order valence-corrected chi connectivity index (χ1v) is 5.89. The zero-order valence-corrected chi connectivity index (χ0v) is 12.4. The molecule has 1 amide bonds. The van der Waals surface area contributed by atoms with E-state index in [0.717, 1.165) is 6.42 Å². The molecule has 0 rings (SSSR count). The van der Waals surface area contributed by atoms with Crippen LogP contribution < -0.4 is 5.73 Å². The summed E-state index contributed by atoms with van der Waals surface area (Å²) in [4.78, 5) is 13.6. The van der Waals surface area contributed by atoms with Crippen LogP contribution in [0, 0.1) is 11.8 Å². The van der Waals surface area contributed by atoms with Gasteiger partial charge in [-0.2, -0.15) is 0 Å². The van der Waals surface area contributed by atoms with Crippen molar-refractivity contribution in [3.8, 4) is 0 Å². The third kappa shape index (κ3) is 7.58. The van der Waals surface area contributed by atoms with Crippen LogP contribution in [0.25, 0.3) is 0 Å². The minimum absolute atomic E-state index is 0. The molecule has 0 aromatic carbocycles. The van der Waals surface area contributed by atoms with Gasteiger partial charge in [0.2, 0.25) is 5.91 Å². The highest BCUT2D eigenvalue weighted by Gasteiger charge is 2.18. The van der Waals surface area contributed by atoms with E-state index in [1.807, 2.05) is 14.0 Å². The Labute approximate surface area is 111 Å². The van der Waals surface area contributed by atoms with Gasteiger partial charge in [-0.05, 0) is 12.3 Å². The van der Waals surface area contributed by atoms with Gasteiger partial charge in [-0.1, -0.05) is 20.8 Å². The van der Waals surface area contributed by atoms with Gasteiger partial charge in [-0.25, -0.2) is 0 Å². The monoisotopic (exact) mass is 266 g/mol. The molecule has 4 nitrogen and oxygen atoms in total. The predicted octanol–water partition coefficient (Wildman–Crippen LogP) is 1.52.